The van der Waals surface area contributed by atoms with E-state index >= 15 is 0 Å². The fraction of sp³-hybridized carbons (Fsp3) is 0.615. The van der Waals surface area contributed by atoms with E-state index in [9.17, 15) is 5.11 Å². The summed E-state index contributed by atoms with van der Waals surface area (Å²) >= 11 is 0. The molecule has 3 heterocycles. The summed E-state index contributed by atoms with van der Waals surface area (Å²) in [7, 11) is 2.17. The van der Waals surface area contributed by atoms with Crippen LogP contribution in [0.1, 0.15) is 0 Å². The largest absolute Gasteiger partial charge is 0.394 e. The molecule has 5 N–H and O–H groups in total. The highest BCUT2D eigenvalue weighted by atomic mass is 16.3. The maximum atomic E-state index is 9.63. The molecule has 9 heteroatoms. The Kier molecular flexibility index (Phi) is 4.10. The zero-order valence-corrected chi connectivity index (χ0v) is 12.6. The number of quaternary nitrogens is 1. The van der Waals surface area contributed by atoms with Crippen LogP contribution in [0.5, 0.6) is 0 Å². The van der Waals surface area contributed by atoms with Gasteiger partial charge in [-0.2, -0.15) is 4.98 Å². The van der Waals surface area contributed by atoms with E-state index in [1.165, 1.54) is 11.2 Å². The standard InChI is InChI=1S/C13H21N7O2/c1-18-2-4-19(5-3-18)13-16-10-11(14)15-8-20(12(10)17-13)6-9(22)7-21/h8-9,14,21-22H,2-7H2,1H3,(H,16,17)/p+1/t9-/m1/s1. The fourth-order valence-electron chi connectivity index (χ4n) is 2.64. The number of nitrogens with one attached hydrogen (secondary N) is 3. The lowest BCUT2D eigenvalue weighted by atomic mass is 10.3. The minimum absolute atomic E-state index is 0.128. The normalized spacial score (nSPS) is 18.0. The number of hydrogen-bond acceptors (Lipinski definition) is 6. The number of piperazine rings is 1. The predicted octanol–water partition coefficient (Wildman–Crippen LogP) is -3.07. The first-order valence-electron chi connectivity index (χ1n) is 7.43. The van der Waals surface area contributed by atoms with Gasteiger partial charge in [-0.1, -0.05) is 0 Å². The van der Waals surface area contributed by atoms with Crippen molar-refractivity contribution >= 4 is 17.1 Å². The van der Waals surface area contributed by atoms with Crippen molar-refractivity contribution in [2.24, 2.45) is 0 Å². The molecular weight excluding hydrogens is 286 g/mol. The van der Waals surface area contributed by atoms with E-state index < -0.39 is 6.10 Å². The minimum Gasteiger partial charge on any atom is -0.394 e. The van der Waals surface area contributed by atoms with Gasteiger partial charge in [0, 0.05) is 0 Å². The molecule has 22 heavy (non-hydrogen) atoms. The molecule has 120 valence electrons. The van der Waals surface area contributed by atoms with Gasteiger partial charge in [0.2, 0.25) is 5.95 Å². The van der Waals surface area contributed by atoms with Crippen LogP contribution in [0.2, 0.25) is 0 Å². The number of hydrogen-bond donors (Lipinski definition) is 5. The van der Waals surface area contributed by atoms with Crippen molar-refractivity contribution in [3.05, 3.63) is 11.8 Å². The molecule has 0 aliphatic carbocycles. The number of aromatic amines is 1. The van der Waals surface area contributed by atoms with Crippen molar-refractivity contribution in [2.45, 2.75) is 12.6 Å². The summed E-state index contributed by atoms with van der Waals surface area (Å²) in [6.07, 6.45) is 0.599. The first-order chi connectivity index (χ1) is 10.6. The topological polar surface area (TPSA) is 118 Å². The number of likely N-dealkylation sites (N-methyl/N-ethyl adjacent to an activating group) is 1. The third-order valence-electron chi connectivity index (χ3n) is 4.04. The van der Waals surface area contributed by atoms with Crippen LogP contribution < -0.4 is 15.3 Å². The van der Waals surface area contributed by atoms with Gasteiger partial charge in [0.25, 0.3) is 0 Å². The lowest BCUT2D eigenvalue weighted by Crippen LogP contribution is -3.12. The SMILES string of the molecule is C[NH+]1CCN(c2nc3c([nH]2)c(=N)ncn3C[C@@H](O)CO)CC1. The first-order valence-corrected chi connectivity index (χ1v) is 7.43. The Labute approximate surface area is 127 Å². The van der Waals surface area contributed by atoms with Crippen LogP contribution in [0, 0.1) is 5.41 Å². The maximum Gasteiger partial charge on any atom is 0.205 e. The average molecular weight is 308 g/mol. The van der Waals surface area contributed by atoms with Crippen LogP contribution in [0.3, 0.4) is 0 Å². The van der Waals surface area contributed by atoms with Gasteiger partial charge in [-0.05, 0) is 0 Å². The van der Waals surface area contributed by atoms with E-state index in [1.54, 1.807) is 4.57 Å². The van der Waals surface area contributed by atoms with Crippen LogP contribution in [-0.4, -0.2) is 75.7 Å². The molecule has 2 aromatic heterocycles. The van der Waals surface area contributed by atoms with Gasteiger partial charge >= 0.3 is 0 Å². The zero-order chi connectivity index (χ0) is 15.7. The number of aromatic nitrogens is 4. The van der Waals surface area contributed by atoms with Gasteiger partial charge in [-0.25, -0.2) is 4.98 Å². The van der Waals surface area contributed by atoms with Crippen molar-refractivity contribution < 1.29 is 15.1 Å². The monoisotopic (exact) mass is 308 g/mol. The van der Waals surface area contributed by atoms with E-state index in [2.05, 4.69) is 26.9 Å². The van der Waals surface area contributed by atoms with E-state index in [1.807, 2.05) is 0 Å². The summed E-state index contributed by atoms with van der Waals surface area (Å²) in [4.78, 5) is 15.4. The molecule has 0 saturated carbocycles. The molecule has 0 bridgehead atoms. The summed E-state index contributed by atoms with van der Waals surface area (Å²) < 4.78 is 1.66. The molecule has 1 saturated heterocycles. The van der Waals surface area contributed by atoms with Crippen LogP contribution >= 0.6 is 0 Å². The van der Waals surface area contributed by atoms with E-state index in [0.717, 1.165) is 32.1 Å². The molecule has 1 aliphatic heterocycles. The molecule has 0 aromatic carbocycles. The molecule has 0 unspecified atom stereocenters. The summed E-state index contributed by atoms with van der Waals surface area (Å²) in [6, 6.07) is 0. The van der Waals surface area contributed by atoms with Crippen molar-refractivity contribution in [3.8, 4) is 0 Å². The predicted molar refractivity (Wildman–Crippen MR) is 79.7 cm³/mol. The number of anilines is 1. The van der Waals surface area contributed by atoms with Gasteiger partial charge in [-0.3, -0.25) is 5.41 Å². The quantitative estimate of drug-likeness (QED) is 0.411. The third-order valence-corrected chi connectivity index (χ3v) is 4.04. The number of imidazole rings is 1. The van der Waals surface area contributed by atoms with Crippen LogP contribution in [0.25, 0.3) is 11.2 Å². The Morgan fingerprint density at radius 3 is 2.86 bits per heavy atom. The van der Waals surface area contributed by atoms with Gasteiger partial charge in [0.1, 0.15) is 5.52 Å². The van der Waals surface area contributed by atoms with Crippen LogP contribution in [0.15, 0.2) is 6.33 Å². The average Bonchev–Trinajstić information content (AvgIpc) is 2.97. The second-order valence-electron chi connectivity index (χ2n) is 5.79. The molecular formula is C13H22N7O2+. The first kappa shape index (κ1) is 14.9. The third kappa shape index (κ3) is 2.82. The highest BCUT2D eigenvalue weighted by Crippen LogP contribution is 2.14. The molecule has 1 fully saturated rings. The second kappa shape index (κ2) is 6.03. The van der Waals surface area contributed by atoms with Crippen molar-refractivity contribution in [2.75, 3.05) is 44.7 Å². The summed E-state index contributed by atoms with van der Waals surface area (Å²) in [6.45, 7) is 3.78. The highest BCUT2D eigenvalue weighted by molar-refractivity contribution is 5.72. The smallest absolute Gasteiger partial charge is 0.205 e. The lowest BCUT2D eigenvalue weighted by molar-refractivity contribution is -0.880. The van der Waals surface area contributed by atoms with Crippen molar-refractivity contribution in [1.82, 2.24) is 19.5 Å². The summed E-state index contributed by atoms with van der Waals surface area (Å²) in [5.74, 6) is 0.733. The van der Waals surface area contributed by atoms with Crippen molar-refractivity contribution in [3.63, 3.8) is 0 Å². The van der Waals surface area contributed by atoms with Gasteiger partial charge in [0.05, 0.1) is 58.8 Å². The molecule has 2 aromatic rings. The molecule has 0 spiro atoms. The molecule has 1 atom stereocenters. The number of aliphatic hydroxyl groups is 2. The van der Waals surface area contributed by atoms with Gasteiger partial charge < -0.3 is 29.6 Å². The van der Waals surface area contributed by atoms with Crippen molar-refractivity contribution in [1.29, 1.82) is 5.41 Å². The molecule has 3 rings (SSSR count). The molecule has 0 radical (unpaired) electrons. The minimum atomic E-state index is -0.876. The van der Waals surface area contributed by atoms with Gasteiger partial charge in [-0.15, -0.1) is 0 Å². The Balaban J connectivity index is 1.95. The van der Waals surface area contributed by atoms with E-state index in [-0.39, 0.29) is 18.6 Å². The number of nitrogens with zero attached hydrogens (tertiary/aromatic N) is 4. The van der Waals surface area contributed by atoms with E-state index in [4.69, 9.17) is 10.5 Å². The molecule has 0 amide bonds. The Bertz CT molecular complexity index is 702. The van der Waals surface area contributed by atoms with E-state index in [0.29, 0.717) is 11.2 Å². The fourth-order valence-corrected chi connectivity index (χ4v) is 2.64. The second-order valence-corrected chi connectivity index (χ2v) is 5.79. The maximum absolute atomic E-state index is 9.63. The molecule has 1 aliphatic rings. The summed E-state index contributed by atoms with van der Waals surface area (Å²) in [5, 5.41) is 26.5. The lowest BCUT2D eigenvalue weighted by Gasteiger charge is -2.29. The Hall–Kier alpha value is -1.97. The van der Waals surface area contributed by atoms with Gasteiger partial charge in [0.15, 0.2) is 11.1 Å². The van der Waals surface area contributed by atoms with Crippen LogP contribution in [-0.2, 0) is 6.54 Å². The zero-order valence-electron chi connectivity index (χ0n) is 12.6. The number of H-pyrrole nitrogens is 1. The summed E-state index contributed by atoms with van der Waals surface area (Å²) in [5.41, 5.74) is 1.26. The number of fused-ring (bicyclic) bond motifs is 1. The Morgan fingerprint density at radius 1 is 1.45 bits per heavy atom. The number of rotatable bonds is 4. The van der Waals surface area contributed by atoms with Crippen LogP contribution in [0.4, 0.5) is 5.95 Å². The number of aliphatic hydroxyl groups excluding tert-OH is 2. The Morgan fingerprint density at radius 2 is 2.18 bits per heavy atom. The molecule has 9 nitrogen and oxygen atoms in total. The highest BCUT2D eigenvalue weighted by Gasteiger charge is 2.21.